The van der Waals surface area contributed by atoms with E-state index in [1.165, 1.54) is 25.7 Å². The van der Waals surface area contributed by atoms with Gasteiger partial charge in [-0.25, -0.2) is 4.79 Å². The van der Waals surface area contributed by atoms with Crippen LogP contribution in [0.2, 0.25) is 0 Å². The van der Waals surface area contributed by atoms with E-state index in [9.17, 15) is 4.79 Å². The van der Waals surface area contributed by atoms with Crippen LogP contribution in [-0.2, 0) is 0 Å². The Hall–Kier alpha value is -1.91. The molecule has 0 heterocycles. The van der Waals surface area contributed by atoms with Crippen molar-refractivity contribution >= 4 is 6.03 Å². The van der Waals surface area contributed by atoms with E-state index >= 15 is 0 Å². The fourth-order valence-electron chi connectivity index (χ4n) is 2.88. The normalized spacial score (nSPS) is 15.6. The molecule has 5 heteroatoms. The van der Waals surface area contributed by atoms with Gasteiger partial charge in [-0.1, -0.05) is 31.7 Å². The number of carbonyl (C=O) groups excluding carboxylic acids is 1. The molecule has 0 atom stereocenters. The topological polar surface area (TPSA) is 59.6 Å². The summed E-state index contributed by atoms with van der Waals surface area (Å²) >= 11 is 0. The number of amides is 2. The predicted octanol–water partition coefficient (Wildman–Crippen LogP) is 3.40. The first-order valence-corrected chi connectivity index (χ1v) is 8.51. The Balaban J connectivity index is 1.67. The fourth-order valence-corrected chi connectivity index (χ4v) is 2.88. The Bertz CT molecular complexity index is 497. The Labute approximate surface area is 138 Å². The highest BCUT2D eigenvalue weighted by Crippen LogP contribution is 2.27. The third kappa shape index (κ3) is 6.00. The number of urea groups is 1. The second-order valence-corrected chi connectivity index (χ2v) is 6.09. The Morgan fingerprint density at radius 2 is 1.91 bits per heavy atom. The van der Waals surface area contributed by atoms with Crippen LogP contribution in [0.25, 0.3) is 0 Å². The first kappa shape index (κ1) is 17.4. The van der Waals surface area contributed by atoms with Crippen LogP contribution in [0.4, 0.5) is 4.79 Å². The fraction of sp³-hybridized carbons (Fsp3) is 0.611. The maximum atomic E-state index is 11.9. The molecule has 0 unspecified atom stereocenters. The molecule has 2 N–H and O–H groups in total. The molecule has 0 bridgehead atoms. The molecule has 1 aromatic carbocycles. The summed E-state index contributed by atoms with van der Waals surface area (Å²) in [5.74, 6) is 1.41. The first-order chi connectivity index (χ1) is 11.2. The largest absolute Gasteiger partial charge is 0.493 e. The molecule has 2 amide bonds. The van der Waals surface area contributed by atoms with Crippen LogP contribution in [-0.4, -0.2) is 32.3 Å². The molecule has 128 valence electrons. The molecule has 5 nitrogen and oxygen atoms in total. The molecule has 1 aromatic rings. The monoisotopic (exact) mass is 320 g/mol. The molecule has 0 radical (unpaired) electrons. The standard InChI is InChI=1S/C18H28N2O3/c1-14-9-10-16(17(13-14)22-2)23-12-11-19-18(21)20-15-7-5-3-4-6-8-15/h9-10,13,15H,3-8,11-12H2,1-2H3,(H2,19,20,21). The van der Waals surface area contributed by atoms with Crippen LogP contribution in [0.15, 0.2) is 18.2 Å². The number of methoxy groups -OCH3 is 1. The van der Waals surface area contributed by atoms with Gasteiger partial charge in [0.05, 0.1) is 13.7 Å². The minimum Gasteiger partial charge on any atom is -0.493 e. The summed E-state index contributed by atoms with van der Waals surface area (Å²) in [5, 5.41) is 5.91. The highest BCUT2D eigenvalue weighted by molar-refractivity contribution is 5.74. The van der Waals surface area contributed by atoms with E-state index in [0.29, 0.717) is 30.7 Å². The Morgan fingerprint density at radius 3 is 2.61 bits per heavy atom. The van der Waals surface area contributed by atoms with Crippen LogP contribution in [0.3, 0.4) is 0 Å². The minimum atomic E-state index is -0.101. The third-order valence-electron chi connectivity index (χ3n) is 4.15. The van der Waals surface area contributed by atoms with Gasteiger partial charge in [0.2, 0.25) is 0 Å². The second kappa shape index (κ2) is 9.28. The van der Waals surface area contributed by atoms with Crippen molar-refractivity contribution in [1.82, 2.24) is 10.6 Å². The highest BCUT2D eigenvalue weighted by Gasteiger charge is 2.14. The van der Waals surface area contributed by atoms with Crippen molar-refractivity contribution in [2.24, 2.45) is 0 Å². The van der Waals surface area contributed by atoms with Gasteiger partial charge < -0.3 is 20.1 Å². The number of nitrogens with one attached hydrogen (secondary N) is 2. The molecule has 1 fully saturated rings. The van der Waals surface area contributed by atoms with Crippen molar-refractivity contribution in [3.05, 3.63) is 23.8 Å². The van der Waals surface area contributed by atoms with Crippen molar-refractivity contribution in [1.29, 1.82) is 0 Å². The lowest BCUT2D eigenvalue weighted by atomic mass is 10.1. The summed E-state index contributed by atoms with van der Waals surface area (Å²) in [4.78, 5) is 11.9. The number of aryl methyl sites for hydroxylation is 1. The number of benzene rings is 1. The Morgan fingerprint density at radius 1 is 1.17 bits per heavy atom. The van der Waals surface area contributed by atoms with E-state index in [1.807, 2.05) is 25.1 Å². The van der Waals surface area contributed by atoms with E-state index in [1.54, 1.807) is 7.11 Å². The maximum absolute atomic E-state index is 11.9. The lowest BCUT2D eigenvalue weighted by Crippen LogP contribution is -2.43. The van der Waals surface area contributed by atoms with Gasteiger partial charge in [0.25, 0.3) is 0 Å². The van der Waals surface area contributed by atoms with Crippen molar-refractivity contribution < 1.29 is 14.3 Å². The van der Waals surface area contributed by atoms with Crippen LogP contribution in [0, 0.1) is 6.92 Å². The van der Waals surface area contributed by atoms with Gasteiger partial charge in [0, 0.05) is 6.04 Å². The van der Waals surface area contributed by atoms with Crippen LogP contribution >= 0.6 is 0 Å². The second-order valence-electron chi connectivity index (χ2n) is 6.09. The van der Waals surface area contributed by atoms with Crippen LogP contribution in [0.1, 0.15) is 44.1 Å². The van der Waals surface area contributed by atoms with E-state index in [0.717, 1.165) is 18.4 Å². The van der Waals surface area contributed by atoms with Gasteiger partial charge in [-0.15, -0.1) is 0 Å². The molecule has 23 heavy (non-hydrogen) atoms. The predicted molar refractivity (Wildman–Crippen MR) is 91.3 cm³/mol. The Kier molecular flexibility index (Phi) is 7.04. The number of ether oxygens (including phenoxy) is 2. The smallest absolute Gasteiger partial charge is 0.315 e. The van der Waals surface area contributed by atoms with Crippen molar-refractivity contribution in [3.63, 3.8) is 0 Å². The van der Waals surface area contributed by atoms with Gasteiger partial charge >= 0.3 is 6.03 Å². The van der Waals surface area contributed by atoms with Crippen LogP contribution < -0.4 is 20.1 Å². The number of hydrogen-bond acceptors (Lipinski definition) is 3. The molecule has 1 saturated carbocycles. The molecule has 0 saturated heterocycles. The van der Waals surface area contributed by atoms with Crippen molar-refractivity contribution in [2.75, 3.05) is 20.3 Å². The van der Waals surface area contributed by atoms with E-state index in [4.69, 9.17) is 9.47 Å². The van der Waals surface area contributed by atoms with Gasteiger partial charge in [0.15, 0.2) is 11.5 Å². The average molecular weight is 320 g/mol. The summed E-state index contributed by atoms with van der Waals surface area (Å²) in [6.07, 6.45) is 7.16. The summed E-state index contributed by atoms with van der Waals surface area (Å²) in [7, 11) is 1.63. The lowest BCUT2D eigenvalue weighted by molar-refractivity contribution is 0.230. The first-order valence-electron chi connectivity index (χ1n) is 8.51. The SMILES string of the molecule is COc1cc(C)ccc1OCCNC(=O)NC1CCCCCC1. The van der Waals surface area contributed by atoms with Crippen LogP contribution in [0.5, 0.6) is 11.5 Å². The minimum absolute atomic E-state index is 0.101. The molecule has 0 aromatic heterocycles. The summed E-state index contributed by atoms with van der Waals surface area (Å²) in [5.41, 5.74) is 1.12. The van der Waals surface area contributed by atoms with Gasteiger partial charge in [-0.3, -0.25) is 0 Å². The summed E-state index contributed by atoms with van der Waals surface area (Å²) < 4.78 is 11.0. The molecule has 2 rings (SSSR count). The molecule has 1 aliphatic carbocycles. The summed E-state index contributed by atoms with van der Waals surface area (Å²) in [6.45, 7) is 2.89. The quantitative estimate of drug-likeness (QED) is 0.624. The number of carbonyl (C=O) groups is 1. The molecule has 0 aliphatic heterocycles. The zero-order valence-electron chi connectivity index (χ0n) is 14.2. The number of rotatable bonds is 6. The molecular formula is C18H28N2O3. The number of hydrogen-bond donors (Lipinski definition) is 2. The molecule has 1 aliphatic rings. The van der Waals surface area contributed by atoms with Gasteiger partial charge in [-0.05, 0) is 37.5 Å². The van der Waals surface area contributed by atoms with Crippen molar-refractivity contribution in [2.45, 2.75) is 51.5 Å². The van der Waals surface area contributed by atoms with Gasteiger partial charge in [0.1, 0.15) is 6.61 Å². The zero-order chi connectivity index (χ0) is 16.5. The maximum Gasteiger partial charge on any atom is 0.315 e. The highest BCUT2D eigenvalue weighted by atomic mass is 16.5. The van der Waals surface area contributed by atoms with E-state index in [-0.39, 0.29) is 6.03 Å². The lowest BCUT2D eigenvalue weighted by Gasteiger charge is -2.17. The average Bonchev–Trinajstić information content (AvgIpc) is 2.81. The van der Waals surface area contributed by atoms with E-state index in [2.05, 4.69) is 10.6 Å². The zero-order valence-corrected chi connectivity index (χ0v) is 14.2. The van der Waals surface area contributed by atoms with Gasteiger partial charge in [-0.2, -0.15) is 0 Å². The summed E-state index contributed by atoms with van der Waals surface area (Å²) in [6, 6.07) is 6.01. The van der Waals surface area contributed by atoms with Crippen molar-refractivity contribution in [3.8, 4) is 11.5 Å². The van der Waals surface area contributed by atoms with E-state index < -0.39 is 0 Å². The molecule has 0 spiro atoms. The molecular weight excluding hydrogens is 292 g/mol. The third-order valence-corrected chi connectivity index (χ3v) is 4.15.